The Kier molecular flexibility index (Phi) is 6.19. The number of rotatable bonds is 7. The van der Waals surface area contributed by atoms with E-state index in [0.717, 1.165) is 38.2 Å². The standard InChI is InChI=1S/C14H23N3O/c1-4-6-10-17(3)14(18)12-7-8-13(16-11-12)15-9-5-2/h7-8,11H,4-6,9-10H2,1-3H3,(H,15,16). The van der Waals surface area contributed by atoms with Crippen LogP contribution in [-0.2, 0) is 0 Å². The summed E-state index contributed by atoms with van der Waals surface area (Å²) in [6, 6.07) is 3.69. The maximum atomic E-state index is 12.0. The normalized spacial score (nSPS) is 10.2. The van der Waals surface area contributed by atoms with Gasteiger partial charge in [-0.25, -0.2) is 4.98 Å². The van der Waals surface area contributed by atoms with E-state index in [0.29, 0.717) is 5.56 Å². The van der Waals surface area contributed by atoms with E-state index < -0.39 is 0 Å². The lowest BCUT2D eigenvalue weighted by atomic mass is 10.2. The molecule has 0 aliphatic heterocycles. The average molecular weight is 249 g/mol. The van der Waals surface area contributed by atoms with E-state index in [1.165, 1.54) is 0 Å². The van der Waals surface area contributed by atoms with Crippen LogP contribution in [0.15, 0.2) is 18.3 Å². The van der Waals surface area contributed by atoms with E-state index in [-0.39, 0.29) is 5.91 Å². The van der Waals surface area contributed by atoms with Crippen molar-refractivity contribution in [1.29, 1.82) is 0 Å². The van der Waals surface area contributed by atoms with E-state index >= 15 is 0 Å². The van der Waals surface area contributed by atoms with Crippen LogP contribution in [0.3, 0.4) is 0 Å². The summed E-state index contributed by atoms with van der Waals surface area (Å²) in [7, 11) is 1.83. The van der Waals surface area contributed by atoms with Gasteiger partial charge in [0.05, 0.1) is 5.56 Å². The number of unbranched alkanes of at least 4 members (excludes halogenated alkanes) is 1. The van der Waals surface area contributed by atoms with Crippen LogP contribution >= 0.6 is 0 Å². The number of aromatic nitrogens is 1. The highest BCUT2D eigenvalue weighted by Crippen LogP contribution is 2.08. The van der Waals surface area contributed by atoms with E-state index in [9.17, 15) is 4.79 Å². The van der Waals surface area contributed by atoms with Crippen LogP contribution < -0.4 is 5.32 Å². The summed E-state index contributed by atoms with van der Waals surface area (Å²) in [5.41, 5.74) is 0.649. The average Bonchev–Trinajstić information content (AvgIpc) is 2.42. The summed E-state index contributed by atoms with van der Waals surface area (Å²) in [5, 5.41) is 3.19. The number of nitrogens with zero attached hydrogens (tertiary/aromatic N) is 2. The fraction of sp³-hybridized carbons (Fsp3) is 0.571. The van der Waals surface area contributed by atoms with Gasteiger partial charge in [0.2, 0.25) is 0 Å². The van der Waals surface area contributed by atoms with Crippen molar-refractivity contribution in [3.63, 3.8) is 0 Å². The van der Waals surface area contributed by atoms with Crippen LogP contribution in [0.5, 0.6) is 0 Å². The number of hydrogen-bond acceptors (Lipinski definition) is 3. The lowest BCUT2D eigenvalue weighted by Gasteiger charge is -2.16. The molecule has 0 aliphatic rings. The second-order valence-corrected chi connectivity index (χ2v) is 4.44. The zero-order valence-corrected chi connectivity index (χ0v) is 11.6. The van der Waals surface area contributed by atoms with Crippen molar-refractivity contribution in [3.05, 3.63) is 23.9 Å². The molecule has 4 nitrogen and oxygen atoms in total. The van der Waals surface area contributed by atoms with Gasteiger partial charge in [-0.05, 0) is 25.0 Å². The minimum Gasteiger partial charge on any atom is -0.370 e. The molecule has 4 heteroatoms. The summed E-state index contributed by atoms with van der Waals surface area (Å²) < 4.78 is 0. The van der Waals surface area contributed by atoms with Crippen LogP contribution in [0.25, 0.3) is 0 Å². The second-order valence-electron chi connectivity index (χ2n) is 4.44. The van der Waals surface area contributed by atoms with Crippen LogP contribution in [0.2, 0.25) is 0 Å². The van der Waals surface area contributed by atoms with Gasteiger partial charge in [-0.15, -0.1) is 0 Å². The van der Waals surface area contributed by atoms with Gasteiger partial charge in [-0.2, -0.15) is 0 Å². The predicted molar refractivity (Wildman–Crippen MR) is 74.9 cm³/mol. The van der Waals surface area contributed by atoms with Gasteiger partial charge in [0.1, 0.15) is 5.82 Å². The van der Waals surface area contributed by atoms with Crippen LogP contribution in [0.1, 0.15) is 43.5 Å². The highest BCUT2D eigenvalue weighted by molar-refractivity contribution is 5.93. The first kappa shape index (κ1) is 14.5. The molecule has 18 heavy (non-hydrogen) atoms. The number of carbonyl (C=O) groups is 1. The number of amides is 1. The van der Waals surface area contributed by atoms with Crippen LogP contribution in [-0.4, -0.2) is 35.9 Å². The summed E-state index contributed by atoms with van der Waals surface area (Å²) in [4.78, 5) is 18.0. The summed E-state index contributed by atoms with van der Waals surface area (Å²) in [6.45, 7) is 5.92. The molecule has 0 unspecified atom stereocenters. The first-order valence-electron chi connectivity index (χ1n) is 6.64. The molecule has 0 aromatic carbocycles. The number of nitrogens with one attached hydrogen (secondary N) is 1. The molecule has 1 heterocycles. The molecule has 0 radical (unpaired) electrons. The zero-order valence-electron chi connectivity index (χ0n) is 11.6. The number of hydrogen-bond donors (Lipinski definition) is 1. The van der Waals surface area contributed by atoms with Crippen molar-refractivity contribution in [2.45, 2.75) is 33.1 Å². The van der Waals surface area contributed by atoms with Gasteiger partial charge in [-0.3, -0.25) is 4.79 Å². The lowest BCUT2D eigenvalue weighted by molar-refractivity contribution is 0.0793. The van der Waals surface area contributed by atoms with E-state index in [1.807, 2.05) is 19.2 Å². The van der Waals surface area contributed by atoms with Crippen molar-refractivity contribution in [2.75, 3.05) is 25.5 Å². The molecule has 1 aromatic rings. The predicted octanol–water partition coefficient (Wildman–Crippen LogP) is 2.78. The lowest BCUT2D eigenvalue weighted by Crippen LogP contribution is -2.27. The minimum absolute atomic E-state index is 0.0398. The van der Waals surface area contributed by atoms with E-state index in [2.05, 4.69) is 24.1 Å². The molecule has 1 rings (SSSR count). The summed E-state index contributed by atoms with van der Waals surface area (Å²) in [6.07, 6.45) is 4.83. The van der Waals surface area contributed by atoms with Crippen molar-refractivity contribution < 1.29 is 4.79 Å². The van der Waals surface area contributed by atoms with Gasteiger partial charge >= 0.3 is 0 Å². The molecule has 1 aromatic heterocycles. The molecule has 1 N–H and O–H groups in total. The highest BCUT2D eigenvalue weighted by Gasteiger charge is 2.11. The third-order valence-corrected chi connectivity index (χ3v) is 2.76. The maximum absolute atomic E-state index is 12.0. The third kappa shape index (κ3) is 4.35. The minimum atomic E-state index is 0.0398. The first-order valence-corrected chi connectivity index (χ1v) is 6.64. The fourth-order valence-electron chi connectivity index (χ4n) is 1.60. The third-order valence-electron chi connectivity index (χ3n) is 2.76. The molecule has 0 atom stereocenters. The quantitative estimate of drug-likeness (QED) is 0.808. The van der Waals surface area contributed by atoms with E-state index in [4.69, 9.17) is 0 Å². The van der Waals surface area contributed by atoms with Crippen molar-refractivity contribution >= 4 is 11.7 Å². The Morgan fingerprint density at radius 1 is 1.33 bits per heavy atom. The molecule has 0 fully saturated rings. The van der Waals surface area contributed by atoms with Crippen molar-refractivity contribution in [3.8, 4) is 0 Å². The van der Waals surface area contributed by atoms with Gasteiger partial charge in [0.15, 0.2) is 0 Å². The van der Waals surface area contributed by atoms with Crippen molar-refractivity contribution in [1.82, 2.24) is 9.88 Å². The molecule has 100 valence electrons. The van der Waals surface area contributed by atoms with Gasteiger partial charge in [0, 0.05) is 26.3 Å². The second kappa shape index (κ2) is 7.69. The molecule has 0 saturated carbocycles. The first-order chi connectivity index (χ1) is 8.69. The largest absolute Gasteiger partial charge is 0.370 e. The molecule has 0 aliphatic carbocycles. The van der Waals surface area contributed by atoms with Gasteiger partial charge < -0.3 is 10.2 Å². The highest BCUT2D eigenvalue weighted by atomic mass is 16.2. The monoisotopic (exact) mass is 249 g/mol. The van der Waals surface area contributed by atoms with Crippen LogP contribution in [0.4, 0.5) is 5.82 Å². The topological polar surface area (TPSA) is 45.2 Å². The number of carbonyl (C=O) groups excluding carboxylic acids is 1. The zero-order chi connectivity index (χ0) is 13.4. The molecule has 1 amide bonds. The van der Waals surface area contributed by atoms with Crippen molar-refractivity contribution in [2.24, 2.45) is 0 Å². The Balaban J connectivity index is 2.58. The molecule has 0 bridgehead atoms. The smallest absolute Gasteiger partial charge is 0.255 e. The maximum Gasteiger partial charge on any atom is 0.255 e. The van der Waals surface area contributed by atoms with Gasteiger partial charge in [0.25, 0.3) is 5.91 Å². The number of pyridine rings is 1. The Labute approximate surface area is 109 Å². The molecule has 0 spiro atoms. The number of anilines is 1. The Morgan fingerprint density at radius 3 is 2.67 bits per heavy atom. The van der Waals surface area contributed by atoms with E-state index in [1.54, 1.807) is 11.1 Å². The Hall–Kier alpha value is -1.58. The van der Waals surface area contributed by atoms with Crippen LogP contribution in [0, 0.1) is 0 Å². The Morgan fingerprint density at radius 2 is 2.11 bits per heavy atom. The molecular formula is C14H23N3O. The summed E-state index contributed by atoms with van der Waals surface area (Å²) in [5.74, 6) is 0.864. The van der Waals surface area contributed by atoms with Gasteiger partial charge in [-0.1, -0.05) is 20.3 Å². The summed E-state index contributed by atoms with van der Waals surface area (Å²) >= 11 is 0. The molecule has 0 saturated heterocycles. The SMILES string of the molecule is CCCCN(C)C(=O)c1ccc(NCCC)nc1. The Bertz CT molecular complexity index is 362. The molecular weight excluding hydrogens is 226 g/mol. The fourth-order valence-corrected chi connectivity index (χ4v) is 1.60.